The van der Waals surface area contributed by atoms with Crippen LogP contribution in [0.4, 0.5) is 0 Å². The van der Waals surface area contributed by atoms with Gasteiger partial charge >= 0.3 is 5.97 Å². The van der Waals surface area contributed by atoms with Crippen LogP contribution in [0.1, 0.15) is 31.2 Å². The van der Waals surface area contributed by atoms with Crippen molar-refractivity contribution in [1.29, 1.82) is 0 Å². The van der Waals surface area contributed by atoms with E-state index in [0.29, 0.717) is 13.3 Å². The van der Waals surface area contributed by atoms with Crippen LogP contribution in [0.5, 0.6) is 0 Å². The number of nitrogens with zero attached hydrogens (tertiary/aromatic N) is 3. The van der Waals surface area contributed by atoms with E-state index in [0.717, 1.165) is 42.9 Å². The second-order valence-corrected chi connectivity index (χ2v) is 7.24. The Bertz CT molecular complexity index is 800. The van der Waals surface area contributed by atoms with Crippen molar-refractivity contribution in [3.63, 3.8) is 0 Å². The summed E-state index contributed by atoms with van der Waals surface area (Å²) >= 11 is 5.58. The molecule has 2 aromatic rings. The van der Waals surface area contributed by atoms with Gasteiger partial charge in [0.2, 0.25) is 4.77 Å². The molecule has 0 radical (unpaired) electrons. The summed E-state index contributed by atoms with van der Waals surface area (Å²) in [4.78, 5) is 13.4. The molecule has 1 aliphatic rings. The summed E-state index contributed by atoms with van der Waals surface area (Å²) in [6, 6.07) is 10.3. The Kier molecular flexibility index (Phi) is 6.21. The molecule has 1 N–H and O–H groups in total. The molecule has 26 heavy (non-hydrogen) atoms. The zero-order valence-corrected chi connectivity index (χ0v) is 16.3. The highest BCUT2D eigenvalue weighted by molar-refractivity contribution is 7.71. The smallest absolute Gasteiger partial charge is 0.314 e. The van der Waals surface area contributed by atoms with Crippen molar-refractivity contribution in [2.75, 3.05) is 19.7 Å². The fourth-order valence-corrected chi connectivity index (χ4v) is 3.75. The van der Waals surface area contributed by atoms with Crippen LogP contribution >= 0.6 is 12.2 Å². The molecule has 2 heterocycles. The van der Waals surface area contributed by atoms with Gasteiger partial charge in [-0.3, -0.25) is 4.79 Å². The molecule has 3 rings (SSSR count). The number of carbonyl (C=O) groups is 1. The summed E-state index contributed by atoms with van der Waals surface area (Å²) in [6.45, 7) is 4.80. The summed E-state index contributed by atoms with van der Waals surface area (Å²) < 4.78 is 9.80. The van der Waals surface area contributed by atoms with Crippen molar-refractivity contribution in [2.45, 2.75) is 32.9 Å². The van der Waals surface area contributed by atoms with E-state index in [1.165, 1.54) is 10.5 Å². The molecule has 140 valence electrons. The van der Waals surface area contributed by atoms with E-state index < -0.39 is 0 Å². The second-order valence-electron chi connectivity index (χ2n) is 6.87. The minimum absolute atomic E-state index is 0.0135. The highest BCUT2D eigenvalue weighted by Crippen LogP contribution is 2.10. The molecular weight excluding hydrogens is 348 g/mol. The van der Waals surface area contributed by atoms with Gasteiger partial charge in [0, 0.05) is 13.5 Å². The van der Waals surface area contributed by atoms with Crippen LogP contribution in [0.25, 0.3) is 0 Å². The van der Waals surface area contributed by atoms with Gasteiger partial charge in [-0.2, -0.15) is 9.78 Å². The Labute approximate surface area is 159 Å². The summed E-state index contributed by atoms with van der Waals surface area (Å²) in [5, 5.41) is 4.74. The van der Waals surface area contributed by atoms with E-state index in [9.17, 15) is 4.79 Å². The van der Waals surface area contributed by atoms with Crippen molar-refractivity contribution in [3.8, 4) is 0 Å². The van der Waals surface area contributed by atoms with Crippen LogP contribution in [-0.4, -0.2) is 40.0 Å². The zero-order valence-electron chi connectivity index (χ0n) is 15.5. The molecule has 6 nitrogen and oxygen atoms in total. The van der Waals surface area contributed by atoms with Crippen LogP contribution in [0.15, 0.2) is 30.3 Å². The molecule has 2 atom stereocenters. The highest BCUT2D eigenvalue weighted by atomic mass is 32.1. The van der Waals surface area contributed by atoms with Gasteiger partial charge in [-0.25, -0.2) is 0 Å². The van der Waals surface area contributed by atoms with Gasteiger partial charge in [-0.15, -0.1) is 0 Å². The molecule has 1 unspecified atom stereocenters. The summed E-state index contributed by atoms with van der Waals surface area (Å²) in [5.41, 5.74) is 1.22. The second kappa shape index (κ2) is 8.60. The van der Waals surface area contributed by atoms with Gasteiger partial charge in [-0.1, -0.05) is 30.3 Å². The number of aromatic nitrogens is 3. The normalized spacial score (nSPS) is 20.1. The first-order valence-corrected chi connectivity index (χ1v) is 9.66. The summed E-state index contributed by atoms with van der Waals surface area (Å²) in [5.74, 6) is 0.874. The number of likely N-dealkylation sites (tertiary alicyclic amines) is 1. The van der Waals surface area contributed by atoms with E-state index >= 15 is 0 Å². The number of nitrogens with one attached hydrogen (secondary N) is 1. The van der Waals surface area contributed by atoms with Crippen molar-refractivity contribution in [1.82, 2.24) is 14.3 Å². The third-order valence-corrected chi connectivity index (χ3v) is 5.43. The first kappa shape index (κ1) is 18.8. The first-order valence-electron chi connectivity index (χ1n) is 9.25. The lowest BCUT2D eigenvalue weighted by Gasteiger charge is -2.28. The minimum atomic E-state index is -0.0703. The van der Waals surface area contributed by atoms with Crippen LogP contribution in [-0.2, 0) is 29.7 Å². The van der Waals surface area contributed by atoms with Crippen LogP contribution in [0.3, 0.4) is 0 Å². The fourth-order valence-electron chi connectivity index (χ4n) is 3.54. The predicted molar refractivity (Wildman–Crippen MR) is 101 cm³/mol. The maximum atomic E-state index is 12.0. The van der Waals surface area contributed by atoms with E-state index in [1.54, 1.807) is 0 Å². The van der Waals surface area contributed by atoms with Crippen molar-refractivity contribution < 1.29 is 14.4 Å². The molecule has 7 heteroatoms. The van der Waals surface area contributed by atoms with Gasteiger partial charge in [-0.05, 0) is 37.5 Å². The Hall–Kier alpha value is -1.99. The van der Waals surface area contributed by atoms with E-state index in [2.05, 4.69) is 12.1 Å². The minimum Gasteiger partial charge on any atom is -0.466 e. The largest absolute Gasteiger partial charge is 0.466 e. The van der Waals surface area contributed by atoms with Crippen LogP contribution < -0.4 is 4.90 Å². The average Bonchev–Trinajstić information content (AvgIpc) is 2.91. The lowest BCUT2D eigenvalue weighted by Crippen LogP contribution is -3.13. The molecule has 0 amide bonds. The number of hydrogen-bond donors (Lipinski definition) is 1. The number of rotatable bonds is 6. The van der Waals surface area contributed by atoms with Gasteiger partial charge in [0.1, 0.15) is 11.7 Å². The third-order valence-electron chi connectivity index (χ3n) is 4.95. The van der Waals surface area contributed by atoms with Crippen LogP contribution in [0, 0.1) is 10.7 Å². The average molecular weight is 376 g/mol. The molecule has 1 aliphatic heterocycles. The maximum absolute atomic E-state index is 12.0. The first-order chi connectivity index (χ1) is 12.6. The van der Waals surface area contributed by atoms with Gasteiger partial charge < -0.3 is 14.2 Å². The van der Waals surface area contributed by atoms with Crippen molar-refractivity contribution in [3.05, 3.63) is 46.5 Å². The topological polar surface area (TPSA) is 53.5 Å². The highest BCUT2D eigenvalue weighted by Gasteiger charge is 2.30. The Morgan fingerprint density at radius 1 is 1.38 bits per heavy atom. The monoisotopic (exact) mass is 375 g/mol. The molecular formula is C19H27N4O2S+. The molecule has 1 saturated heterocycles. The van der Waals surface area contributed by atoms with Gasteiger partial charge in [0.05, 0.1) is 19.7 Å². The number of quaternary nitrogens is 1. The molecule has 0 saturated carbocycles. The molecule has 0 aliphatic carbocycles. The Balaban J connectivity index is 1.69. The zero-order chi connectivity index (χ0) is 18.5. The van der Waals surface area contributed by atoms with Crippen molar-refractivity contribution in [2.24, 2.45) is 13.0 Å². The molecule has 1 aromatic carbocycles. The molecule has 1 fully saturated rings. The van der Waals surface area contributed by atoms with E-state index in [-0.39, 0.29) is 11.9 Å². The Morgan fingerprint density at radius 3 is 2.88 bits per heavy atom. The maximum Gasteiger partial charge on any atom is 0.314 e. The lowest BCUT2D eigenvalue weighted by atomic mass is 9.99. The quantitative estimate of drug-likeness (QED) is 0.612. The number of piperidine rings is 1. The number of carbonyl (C=O) groups excluding carboxylic acids is 1. The standard InChI is InChI=1S/C19H26N4O2S/c1-3-25-18(24)16-10-7-11-22(13-16)14-23-19(26)21(2)17(20-23)12-15-8-5-4-6-9-15/h4-6,8-9,16H,3,7,10-14H2,1-2H3/p+1/t16-/m1/s1. The predicted octanol–water partition coefficient (Wildman–Crippen LogP) is 1.36. The fraction of sp³-hybridized carbons (Fsp3) is 0.526. The van der Waals surface area contributed by atoms with Crippen LogP contribution in [0.2, 0.25) is 0 Å². The summed E-state index contributed by atoms with van der Waals surface area (Å²) in [6.07, 6.45) is 2.69. The SMILES string of the molecule is CCOC(=O)[C@@H]1CCC[NH+](Cn2nc(Cc3ccccc3)n(C)c2=S)C1. The lowest BCUT2D eigenvalue weighted by molar-refractivity contribution is -0.930. The summed E-state index contributed by atoms with van der Waals surface area (Å²) in [7, 11) is 1.97. The molecule has 1 aromatic heterocycles. The Morgan fingerprint density at radius 2 is 2.15 bits per heavy atom. The van der Waals surface area contributed by atoms with Crippen molar-refractivity contribution >= 4 is 18.2 Å². The number of ether oxygens (including phenoxy) is 1. The molecule has 0 spiro atoms. The number of benzene rings is 1. The van der Waals surface area contributed by atoms with Gasteiger partial charge in [0.25, 0.3) is 0 Å². The third kappa shape index (κ3) is 4.40. The van der Waals surface area contributed by atoms with E-state index in [1.807, 2.05) is 41.4 Å². The number of hydrogen-bond acceptors (Lipinski definition) is 4. The molecule has 0 bridgehead atoms. The number of esters is 1. The van der Waals surface area contributed by atoms with E-state index in [4.69, 9.17) is 22.1 Å². The van der Waals surface area contributed by atoms with Gasteiger partial charge in [0.15, 0.2) is 6.67 Å².